The molecule has 0 fully saturated rings. The molecule has 3 nitrogen and oxygen atoms in total. The zero-order valence-corrected chi connectivity index (χ0v) is 12.5. The fraction of sp³-hybridized carbons (Fsp3) is 0.538. The minimum Gasteiger partial charge on any atom is -0.308 e. The Morgan fingerprint density at radius 1 is 1.28 bits per heavy atom. The number of nitrogens with one attached hydrogen (secondary N) is 1. The maximum Gasteiger partial charge on any atom is 0.0928 e. The van der Waals surface area contributed by atoms with Gasteiger partial charge < -0.3 is 5.32 Å². The van der Waals surface area contributed by atoms with Crippen LogP contribution in [0.1, 0.15) is 41.8 Å². The minimum absolute atomic E-state index is 0.298. The molecule has 1 N–H and O–H groups in total. The largest absolute Gasteiger partial charge is 0.308 e. The fourth-order valence-corrected chi connectivity index (χ4v) is 3.36. The van der Waals surface area contributed by atoms with Crippen molar-refractivity contribution in [3.63, 3.8) is 0 Å². The summed E-state index contributed by atoms with van der Waals surface area (Å²) < 4.78 is 3.97. The molecule has 2 aromatic heterocycles. The number of rotatable bonds is 7. The van der Waals surface area contributed by atoms with Crippen LogP contribution >= 0.6 is 22.9 Å². The smallest absolute Gasteiger partial charge is 0.0928 e. The number of nitrogens with zero attached hydrogens (tertiary/aromatic N) is 2. The first kappa shape index (κ1) is 13.6. The van der Waals surface area contributed by atoms with Crippen LogP contribution in [0.25, 0.3) is 0 Å². The normalized spacial score (nSPS) is 12.8. The second-order valence-electron chi connectivity index (χ2n) is 4.26. The number of hydrogen-bond acceptors (Lipinski definition) is 5. The van der Waals surface area contributed by atoms with Crippen molar-refractivity contribution < 1.29 is 0 Å². The van der Waals surface area contributed by atoms with E-state index in [1.165, 1.54) is 21.3 Å². The molecule has 0 aliphatic rings. The molecule has 2 rings (SSSR count). The van der Waals surface area contributed by atoms with Crippen molar-refractivity contribution in [1.29, 1.82) is 0 Å². The van der Waals surface area contributed by atoms with Crippen molar-refractivity contribution in [2.75, 3.05) is 6.54 Å². The van der Waals surface area contributed by atoms with Crippen LogP contribution in [-0.2, 0) is 12.8 Å². The molecule has 1 unspecified atom stereocenters. The third kappa shape index (κ3) is 3.60. The Kier molecular flexibility index (Phi) is 5.28. The second-order valence-corrected chi connectivity index (χ2v) is 6.12. The van der Waals surface area contributed by atoms with Gasteiger partial charge in [-0.3, -0.25) is 0 Å². The summed E-state index contributed by atoms with van der Waals surface area (Å²) in [6.45, 7) is 5.41. The lowest BCUT2D eigenvalue weighted by Crippen LogP contribution is -2.24. The standard InChI is InChI=1S/C13H19N3S2/c1-3-7-14-12(13-9-17-16-15-13)8-11-6-5-10(4-2)18-11/h5-6,9,12,14H,3-4,7-8H2,1-2H3. The lowest BCUT2D eigenvalue weighted by atomic mass is 10.1. The Balaban J connectivity index is 2.04. The van der Waals surface area contributed by atoms with Gasteiger partial charge in [0.15, 0.2) is 0 Å². The van der Waals surface area contributed by atoms with E-state index in [9.17, 15) is 0 Å². The first-order chi connectivity index (χ1) is 8.83. The van der Waals surface area contributed by atoms with Crippen molar-refractivity contribution in [3.8, 4) is 0 Å². The van der Waals surface area contributed by atoms with Gasteiger partial charge in [0, 0.05) is 21.6 Å². The van der Waals surface area contributed by atoms with Gasteiger partial charge in [0.05, 0.1) is 11.7 Å². The highest BCUT2D eigenvalue weighted by atomic mass is 32.1. The third-order valence-electron chi connectivity index (χ3n) is 2.85. The molecule has 0 amide bonds. The molecule has 2 heterocycles. The Morgan fingerprint density at radius 2 is 2.11 bits per heavy atom. The maximum atomic E-state index is 4.20. The van der Waals surface area contributed by atoms with Gasteiger partial charge in [0.2, 0.25) is 0 Å². The zero-order valence-electron chi connectivity index (χ0n) is 10.8. The van der Waals surface area contributed by atoms with E-state index in [1.54, 1.807) is 0 Å². The van der Waals surface area contributed by atoms with Crippen LogP contribution in [0.2, 0.25) is 0 Å². The fourth-order valence-electron chi connectivity index (χ4n) is 1.85. The van der Waals surface area contributed by atoms with E-state index in [0.29, 0.717) is 6.04 Å². The van der Waals surface area contributed by atoms with Gasteiger partial charge in [-0.05, 0) is 43.1 Å². The molecule has 0 saturated carbocycles. The second kappa shape index (κ2) is 6.97. The Labute approximate surface area is 116 Å². The predicted molar refractivity (Wildman–Crippen MR) is 78.3 cm³/mol. The third-order valence-corrected chi connectivity index (χ3v) is 4.62. The molecule has 0 saturated heterocycles. The molecule has 0 radical (unpaired) electrons. The SMILES string of the molecule is CCCNC(Cc1ccc(CC)s1)c1csnn1. The maximum absolute atomic E-state index is 4.20. The summed E-state index contributed by atoms with van der Waals surface area (Å²) >= 11 is 3.33. The van der Waals surface area contributed by atoms with Crippen LogP contribution in [0.15, 0.2) is 17.5 Å². The summed E-state index contributed by atoms with van der Waals surface area (Å²) in [5.74, 6) is 0. The molecule has 0 aromatic carbocycles. The van der Waals surface area contributed by atoms with Crippen molar-refractivity contribution in [1.82, 2.24) is 14.9 Å². The lowest BCUT2D eigenvalue weighted by Gasteiger charge is -2.14. The van der Waals surface area contributed by atoms with Gasteiger partial charge in [-0.2, -0.15) is 0 Å². The predicted octanol–water partition coefficient (Wildman–Crippen LogP) is 3.45. The summed E-state index contributed by atoms with van der Waals surface area (Å²) in [5.41, 5.74) is 1.07. The Hall–Kier alpha value is -0.780. The van der Waals surface area contributed by atoms with E-state index in [1.807, 2.05) is 16.7 Å². The summed E-state index contributed by atoms with van der Waals surface area (Å²) in [4.78, 5) is 2.88. The Bertz CT molecular complexity index is 451. The highest BCUT2D eigenvalue weighted by molar-refractivity contribution is 7.12. The summed E-state index contributed by atoms with van der Waals surface area (Å²) in [6.07, 6.45) is 3.27. The Morgan fingerprint density at radius 3 is 2.72 bits per heavy atom. The van der Waals surface area contributed by atoms with Crippen LogP contribution in [0.5, 0.6) is 0 Å². The van der Waals surface area contributed by atoms with Crippen LogP contribution in [0, 0.1) is 0 Å². The van der Waals surface area contributed by atoms with Gasteiger partial charge in [-0.25, -0.2) is 0 Å². The number of thiophene rings is 1. The first-order valence-electron chi connectivity index (χ1n) is 6.41. The van der Waals surface area contributed by atoms with E-state index >= 15 is 0 Å². The van der Waals surface area contributed by atoms with Gasteiger partial charge in [-0.15, -0.1) is 16.4 Å². The van der Waals surface area contributed by atoms with Crippen molar-refractivity contribution in [2.45, 2.75) is 39.2 Å². The first-order valence-corrected chi connectivity index (χ1v) is 8.06. The van der Waals surface area contributed by atoms with Crippen LogP contribution in [-0.4, -0.2) is 16.1 Å². The molecule has 98 valence electrons. The summed E-state index contributed by atoms with van der Waals surface area (Å²) in [5, 5.41) is 9.80. The average molecular weight is 281 g/mol. The number of aryl methyl sites for hydroxylation is 1. The molecular formula is C13H19N3S2. The lowest BCUT2D eigenvalue weighted by molar-refractivity contribution is 0.520. The van der Waals surface area contributed by atoms with E-state index in [-0.39, 0.29) is 0 Å². The molecule has 18 heavy (non-hydrogen) atoms. The highest BCUT2D eigenvalue weighted by Gasteiger charge is 2.15. The van der Waals surface area contributed by atoms with Crippen LogP contribution in [0.4, 0.5) is 0 Å². The molecular weight excluding hydrogens is 262 g/mol. The molecule has 5 heteroatoms. The quantitative estimate of drug-likeness (QED) is 0.844. The van der Waals surface area contributed by atoms with Gasteiger partial charge in [-0.1, -0.05) is 18.3 Å². The number of hydrogen-bond donors (Lipinski definition) is 1. The van der Waals surface area contributed by atoms with Crippen LogP contribution in [0.3, 0.4) is 0 Å². The van der Waals surface area contributed by atoms with E-state index in [0.717, 1.165) is 31.5 Å². The summed E-state index contributed by atoms with van der Waals surface area (Å²) in [6, 6.07) is 4.77. The number of aromatic nitrogens is 2. The molecule has 0 aliphatic carbocycles. The zero-order chi connectivity index (χ0) is 12.8. The van der Waals surface area contributed by atoms with Gasteiger partial charge in [0.1, 0.15) is 0 Å². The van der Waals surface area contributed by atoms with E-state index in [4.69, 9.17) is 0 Å². The highest BCUT2D eigenvalue weighted by Crippen LogP contribution is 2.23. The monoisotopic (exact) mass is 281 g/mol. The topological polar surface area (TPSA) is 37.8 Å². The van der Waals surface area contributed by atoms with Crippen molar-refractivity contribution in [2.24, 2.45) is 0 Å². The van der Waals surface area contributed by atoms with E-state index in [2.05, 4.69) is 40.9 Å². The summed E-state index contributed by atoms with van der Waals surface area (Å²) in [7, 11) is 0. The molecule has 0 bridgehead atoms. The van der Waals surface area contributed by atoms with Gasteiger partial charge in [0.25, 0.3) is 0 Å². The van der Waals surface area contributed by atoms with Crippen molar-refractivity contribution in [3.05, 3.63) is 33.0 Å². The van der Waals surface area contributed by atoms with Gasteiger partial charge >= 0.3 is 0 Å². The molecule has 1 atom stereocenters. The molecule has 0 spiro atoms. The molecule has 0 aliphatic heterocycles. The van der Waals surface area contributed by atoms with Crippen molar-refractivity contribution >= 4 is 22.9 Å². The average Bonchev–Trinajstić information content (AvgIpc) is 3.05. The van der Waals surface area contributed by atoms with E-state index < -0.39 is 0 Å². The van der Waals surface area contributed by atoms with Crippen LogP contribution < -0.4 is 5.32 Å². The minimum atomic E-state index is 0.298. The molecule has 2 aromatic rings.